The number of hydrogen-bond donors (Lipinski definition) is 2. The Labute approximate surface area is 168 Å². The standard InChI is InChI=1S/C17H16BrIN2O2S/c1-2-8-23-13-5-3-4-11(9-13)16(22)21-17(24)20-15-7-6-12(18)10-14(15)19/h3-7,9-10H,2,8H2,1H3,(H2,20,21,22,24). The van der Waals surface area contributed by atoms with Crippen LogP contribution in [0, 0.1) is 3.57 Å². The maximum Gasteiger partial charge on any atom is 0.257 e. The van der Waals surface area contributed by atoms with Crippen LogP contribution in [-0.2, 0) is 0 Å². The average Bonchev–Trinajstić information content (AvgIpc) is 2.55. The van der Waals surface area contributed by atoms with Crippen molar-refractivity contribution < 1.29 is 9.53 Å². The molecule has 2 aromatic rings. The van der Waals surface area contributed by atoms with Gasteiger partial charge in [-0.3, -0.25) is 10.1 Å². The fourth-order valence-electron chi connectivity index (χ4n) is 1.87. The Morgan fingerprint density at radius 2 is 2.08 bits per heavy atom. The van der Waals surface area contributed by atoms with E-state index >= 15 is 0 Å². The minimum atomic E-state index is -0.276. The smallest absolute Gasteiger partial charge is 0.257 e. The summed E-state index contributed by atoms with van der Waals surface area (Å²) in [4.78, 5) is 12.3. The van der Waals surface area contributed by atoms with Crippen LogP contribution in [0.15, 0.2) is 46.9 Å². The summed E-state index contributed by atoms with van der Waals surface area (Å²) in [5.74, 6) is 0.396. The Kier molecular flexibility index (Phi) is 7.44. The zero-order valence-corrected chi connectivity index (χ0v) is 17.5. The van der Waals surface area contributed by atoms with Crippen molar-refractivity contribution in [3.63, 3.8) is 0 Å². The Morgan fingerprint density at radius 3 is 2.79 bits per heavy atom. The van der Waals surface area contributed by atoms with Crippen molar-refractivity contribution in [2.24, 2.45) is 0 Å². The van der Waals surface area contributed by atoms with Gasteiger partial charge in [0.05, 0.1) is 12.3 Å². The Morgan fingerprint density at radius 1 is 1.29 bits per heavy atom. The van der Waals surface area contributed by atoms with Crippen LogP contribution in [0.25, 0.3) is 0 Å². The lowest BCUT2D eigenvalue weighted by atomic mass is 10.2. The summed E-state index contributed by atoms with van der Waals surface area (Å²) in [5, 5.41) is 5.96. The number of benzene rings is 2. The highest BCUT2D eigenvalue weighted by molar-refractivity contribution is 14.1. The van der Waals surface area contributed by atoms with Crippen LogP contribution in [0.3, 0.4) is 0 Å². The molecule has 0 atom stereocenters. The predicted octanol–water partition coefficient (Wildman–Crippen LogP) is 4.97. The molecular formula is C17H16BrIN2O2S. The average molecular weight is 519 g/mol. The highest BCUT2D eigenvalue weighted by atomic mass is 127. The van der Waals surface area contributed by atoms with E-state index in [1.807, 2.05) is 31.2 Å². The molecule has 2 N–H and O–H groups in total. The van der Waals surface area contributed by atoms with Crippen LogP contribution in [0.5, 0.6) is 5.75 Å². The number of amides is 1. The van der Waals surface area contributed by atoms with Gasteiger partial charge in [-0.25, -0.2) is 0 Å². The molecule has 0 saturated carbocycles. The predicted molar refractivity (Wildman–Crippen MR) is 113 cm³/mol. The molecule has 0 radical (unpaired) electrons. The molecule has 2 rings (SSSR count). The SMILES string of the molecule is CCCOc1cccc(C(=O)NC(=S)Nc2ccc(Br)cc2I)c1. The number of hydrogen-bond acceptors (Lipinski definition) is 3. The molecule has 0 unspecified atom stereocenters. The summed E-state index contributed by atoms with van der Waals surface area (Å²) in [7, 11) is 0. The van der Waals surface area contributed by atoms with E-state index in [0.717, 1.165) is 20.2 Å². The van der Waals surface area contributed by atoms with E-state index in [1.54, 1.807) is 18.2 Å². The van der Waals surface area contributed by atoms with E-state index in [1.165, 1.54) is 0 Å². The number of halogens is 2. The molecule has 0 aliphatic carbocycles. The molecule has 0 aliphatic heterocycles. The summed E-state index contributed by atoms with van der Waals surface area (Å²) >= 11 is 10.8. The highest BCUT2D eigenvalue weighted by Crippen LogP contribution is 2.22. The van der Waals surface area contributed by atoms with Crippen molar-refractivity contribution >= 4 is 67.4 Å². The van der Waals surface area contributed by atoms with Gasteiger partial charge in [-0.15, -0.1) is 0 Å². The molecule has 0 saturated heterocycles. The third-order valence-electron chi connectivity index (χ3n) is 2.98. The molecule has 0 aromatic heterocycles. The molecule has 0 fully saturated rings. The molecule has 0 heterocycles. The van der Waals surface area contributed by atoms with Gasteiger partial charge >= 0.3 is 0 Å². The topological polar surface area (TPSA) is 50.4 Å². The van der Waals surface area contributed by atoms with Gasteiger partial charge in [0.2, 0.25) is 0 Å². The Balaban J connectivity index is 1.99. The van der Waals surface area contributed by atoms with Gasteiger partial charge in [0, 0.05) is 13.6 Å². The van der Waals surface area contributed by atoms with E-state index in [9.17, 15) is 4.79 Å². The number of carbonyl (C=O) groups excluding carboxylic acids is 1. The van der Waals surface area contributed by atoms with Crippen molar-refractivity contribution in [2.45, 2.75) is 13.3 Å². The molecular weight excluding hydrogens is 503 g/mol. The lowest BCUT2D eigenvalue weighted by Crippen LogP contribution is -2.34. The zero-order valence-electron chi connectivity index (χ0n) is 12.9. The molecule has 4 nitrogen and oxygen atoms in total. The van der Waals surface area contributed by atoms with Crippen molar-refractivity contribution in [3.05, 3.63) is 56.1 Å². The number of anilines is 1. The summed E-state index contributed by atoms with van der Waals surface area (Å²) in [5.41, 5.74) is 1.34. The van der Waals surface area contributed by atoms with Crippen LogP contribution in [0.2, 0.25) is 0 Å². The van der Waals surface area contributed by atoms with Crippen LogP contribution in [0.4, 0.5) is 5.69 Å². The summed E-state index contributed by atoms with van der Waals surface area (Å²) in [6, 6.07) is 12.8. The Bertz CT molecular complexity index is 755. The van der Waals surface area contributed by atoms with Crippen LogP contribution in [0.1, 0.15) is 23.7 Å². The van der Waals surface area contributed by atoms with Crippen molar-refractivity contribution in [1.82, 2.24) is 5.32 Å². The lowest BCUT2D eigenvalue weighted by Gasteiger charge is -2.12. The summed E-state index contributed by atoms with van der Waals surface area (Å²) < 4.78 is 7.52. The molecule has 7 heteroatoms. The first-order chi connectivity index (χ1) is 11.5. The third-order valence-corrected chi connectivity index (χ3v) is 4.57. The van der Waals surface area contributed by atoms with Crippen LogP contribution >= 0.6 is 50.7 Å². The fourth-order valence-corrected chi connectivity index (χ4v) is 3.51. The first kappa shape index (κ1) is 19.1. The lowest BCUT2D eigenvalue weighted by molar-refractivity contribution is 0.0977. The maximum absolute atomic E-state index is 12.3. The molecule has 0 spiro atoms. The molecule has 24 heavy (non-hydrogen) atoms. The number of ether oxygens (including phenoxy) is 1. The van der Waals surface area contributed by atoms with Crippen molar-refractivity contribution in [2.75, 3.05) is 11.9 Å². The fraction of sp³-hybridized carbons (Fsp3) is 0.176. The first-order valence-corrected chi connectivity index (χ1v) is 9.58. The van der Waals surface area contributed by atoms with E-state index in [4.69, 9.17) is 17.0 Å². The minimum Gasteiger partial charge on any atom is -0.494 e. The van der Waals surface area contributed by atoms with E-state index < -0.39 is 0 Å². The molecule has 2 aromatic carbocycles. The van der Waals surface area contributed by atoms with Gasteiger partial charge in [-0.1, -0.05) is 28.9 Å². The van der Waals surface area contributed by atoms with Crippen molar-refractivity contribution in [1.29, 1.82) is 0 Å². The van der Waals surface area contributed by atoms with E-state index in [0.29, 0.717) is 17.9 Å². The van der Waals surface area contributed by atoms with Crippen molar-refractivity contribution in [3.8, 4) is 5.75 Å². The second-order valence-corrected chi connectivity index (χ2v) is 7.39. The van der Waals surface area contributed by atoms with Gasteiger partial charge in [0.15, 0.2) is 5.11 Å². The summed E-state index contributed by atoms with van der Waals surface area (Å²) in [6.45, 7) is 2.65. The number of carbonyl (C=O) groups is 1. The van der Waals surface area contributed by atoms with E-state index in [-0.39, 0.29) is 11.0 Å². The minimum absolute atomic E-state index is 0.250. The highest BCUT2D eigenvalue weighted by Gasteiger charge is 2.10. The largest absolute Gasteiger partial charge is 0.494 e. The molecule has 1 amide bonds. The summed E-state index contributed by atoms with van der Waals surface area (Å²) in [6.07, 6.45) is 0.913. The second-order valence-electron chi connectivity index (χ2n) is 4.91. The van der Waals surface area contributed by atoms with Gasteiger partial charge in [-0.05, 0) is 77.6 Å². The quantitative estimate of drug-likeness (QED) is 0.433. The van der Waals surface area contributed by atoms with E-state index in [2.05, 4.69) is 49.2 Å². The maximum atomic E-state index is 12.3. The van der Waals surface area contributed by atoms with Crippen LogP contribution < -0.4 is 15.4 Å². The van der Waals surface area contributed by atoms with Crippen LogP contribution in [-0.4, -0.2) is 17.6 Å². The first-order valence-electron chi connectivity index (χ1n) is 7.30. The Hall–Kier alpha value is -1.19. The molecule has 0 aliphatic rings. The van der Waals surface area contributed by atoms with Gasteiger partial charge in [0.1, 0.15) is 5.75 Å². The molecule has 0 bridgehead atoms. The number of rotatable bonds is 5. The zero-order chi connectivity index (χ0) is 17.5. The van der Waals surface area contributed by atoms with Gasteiger partial charge < -0.3 is 10.1 Å². The van der Waals surface area contributed by atoms with Gasteiger partial charge in [-0.2, -0.15) is 0 Å². The monoisotopic (exact) mass is 518 g/mol. The number of thiocarbonyl (C=S) groups is 1. The second kappa shape index (κ2) is 9.33. The number of nitrogens with one attached hydrogen (secondary N) is 2. The normalized spacial score (nSPS) is 10.1. The molecule has 126 valence electrons. The third kappa shape index (κ3) is 5.71. The van der Waals surface area contributed by atoms with Gasteiger partial charge in [0.25, 0.3) is 5.91 Å².